The van der Waals surface area contributed by atoms with E-state index in [1.54, 1.807) is 24.4 Å². The van der Waals surface area contributed by atoms with E-state index in [1.165, 1.54) is 24.3 Å². The van der Waals surface area contributed by atoms with Crippen LogP contribution >= 0.6 is 0 Å². The number of aromatic nitrogens is 3. The molecule has 0 unspecified atom stereocenters. The van der Waals surface area contributed by atoms with Gasteiger partial charge in [0.2, 0.25) is 0 Å². The van der Waals surface area contributed by atoms with Crippen LogP contribution in [0, 0.1) is 11.6 Å². The molecule has 0 aliphatic carbocycles. The lowest BCUT2D eigenvalue weighted by atomic mass is 9.89. The first kappa shape index (κ1) is 21.5. The molecule has 0 spiro atoms. The average molecular weight is 473 g/mol. The summed E-state index contributed by atoms with van der Waals surface area (Å²) < 4.78 is 35.9. The van der Waals surface area contributed by atoms with Crippen LogP contribution in [0.2, 0.25) is 0 Å². The molecule has 2 N–H and O–H groups in total. The molecule has 6 nitrogen and oxygen atoms in total. The average Bonchev–Trinajstić information content (AvgIpc) is 3.46. The van der Waals surface area contributed by atoms with Gasteiger partial charge in [-0.2, -0.15) is 5.10 Å². The molecule has 8 heteroatoms. The fraction of sp³-hybridized carbons (Fsp3) is 0.185. The van der Waals surface area contributed by atoms with Gasteiger partial charge in [-0.15, -0.1) is 0 Å². The van der Waals surface area contributed by atoms with Crippen molar-refractivity contribution in [1.29, 1.82) is 0 Å². The Morgan fingerprint density at radius 3 is 2.57 bits per heavy atom. The molecule has 1 aliphatic rings. The first-order chi connectivity index (χ1) is 17.0. The summed E-state index contributed by atoms with van der Waals surface area (Å²) in [6.45, 7) is 1.20. The molecular weight excluding hydrogens is 452 g/mol. The van der Waals surface area contributed by atoms with Gasteiger partial charge >= 0.3 is 5.97 Å². The van der Waals surface area contributed by atoms with Gasteiger partial charge in [0.15, 0.2) is 0 Å². The number of halogens is 2. The van der Waals surface area contributed by atoms with Crippen LogP contribution in [-0.2, 0) is 4.74 Å². The molecule has 0 atom stereocenters. The molecule has 0 saturated carbocycles. The fourth-order valence-electron chi connectivity index (χ4n) is 5.12. The van der Waals surface area contributed by atoms with Crippen LogP contribution in [0.5, 0.6) is 0 Å². The molecule has 3 heterocycles. The van der Waals surface area contributed by atoms with Crippen LogP contribution in [0.3, 0.4) is 0 Å². The Bertz CT molecular complexity index is 1580. The van der Waals surface area contributed by atoms with Crippen molar-refractivity contribution in [1.82, 2.24) is 14.8 Å². The molecule has 2 aromatic heterocycles. The summed E-state index contributed by atoms with van der Waals surface area (Å²) in [5.41, 5.74) is 4.51. The third kappa shape index (κ3) is 3.57. The van der Waals surface area contributed by atoms with E-state index >= 15 is 0 Å². The summed E-state index contributed by atoms with van der Waals surface area (Å²) in [4.78, 5) is 11.7. The van der Waals surface area contributed by atoms with Crippen LogP contribution in [-0.4, -0.2) is 39.1 Å². The molecule has 5 aromatic rings. The van der Waals surface area contributed by atoms with Gasteiger partial charge in [-0.1, -0.05) is 6.07 Å². The zero-order valence-electron chi connectivity index (χ0n) is 18.6. The third-order valence-electron chi connectivity index (χ3n) is 6.74. The number of rotatable bonds is 4. The van der Waals surface area contributed by atoms with Crippen LogP contribution < -0.4 is 0 Å². The number of nitrogens with zero attached hydrogens (tertiary/aromatic N) is 2. The minimum Gasteiger partial charge on any atom is -0.478 e. The second-order valence-electron chi connectivity index (χ2n) is 8.79. The van der Waals surface area contributed by atoms with Gasteiger partial charge in [0, 0.05) is 46.8 Å². The molecular formula is C27H21F2N3O3. The number of nitrogens with one attached hydrogen (secondary N) is 1. The largest absolute Gasteiger partial charge is 0.478 e. The van der Waals surface area contributed by atoms with Crippen molar-refractivity contribution >= 4 is 27.8 Å². The van der Waals surface area contributed by atoms with Crippen LogP contribution in [0.15, 0.2) is 60.8 Å². The van der Waals surface area contributed by atoms with E-state index in [0.29, 0.717) is 18.8 Å². The smallest absolute Gasteiger partial charge is 0.338 e. The summed E-state index contributed by atoms with van der Waals surface area (Å²) >= 11 is 0. The molecule has 35 heavy (non-hydrogen) atoms. The van der Waals surface area contributed by atoms with Gasteiger partial charge < -0.3 is 14.4 Å². The molecule has 0 amide bonds. The minimum atomic E-state index is -1.32. The summed E-state index contributed by atoms with van der Waals surface area (Å²) in [5, 5.41) is 18.5. The number of fused-ring (bicyclic) bond motifs is 2. The maximum atomic E-state index is 14.3. The quantitative estimate of drug-likeness (QED) is 0.333. The van der Waals surface area contributed by atoms with E-state index < -0.39 is 11.8 Å². The Morgan fingerprint density at radius 1 is 1.06 bits per heavy atom. The van der Waals surface area contributed by atoms with Crippen molar-refractivity contribution in [3.8, 4) is 16.8 Å². The van der Waals surface area contributed by atoms with Gasteiger partial charge in [-0.3, -0.25) is 5.10 Å². The van der Waals surface area contributed by atoms with Crippen molar-refractivity contribution < 1.29 is 23.4 Å². The summed E-state index contributed by atoms with van der Waals surface area (Å²) in [7, 11) is 0. The Kier molecular flexibility index (Phi) is 5.11. The summed E-state index contributed by atoms with van der Waals surface area (Å²) in [5.74, 6) is -2.34. The summed E-state index contributed by atoms with van der Waals surface area (Å²) in [6, 6.07) is 14.5. The zero-order valence-corrected chi connectivity index (χ0v) is 18.6. The van der Waals surface area contributed by atoms with Crippen molar-refractivity contribution in [2.45, 2.75) is 18.8 Å². The highest BCUT2D eigenvalue weighted by atomic mass is 19.1. The molecule has 1 saturated heterocycles. The van der Waals surface area contributed by atoms with Crippen LogP contribution in [0.4, 0.5) is 8.78 Å². The Morgan fingerprint density at radius 2 is 1.83 bits per heavy atom. The van der Waals surface area contributed by atoms with Crippen LogP contribution in [0.1, 0.15) is 34.8 Å². The number of aromatic carboxylic acids is 1. The number of aromatic amines is 1. The second-order valence-corrected chi connectivity index (χ2v) is 8.79. The third-order valence-corrected chi connectivity index (χ3v) is 6.74. The number of ether oxygens (including phenoxy) is 1. The monoisotopic (exact) mass is 473 g/mol. The summed E-state index contributed by atoms with van der Waals surface area (Å²) in [6.07, 6.45) is 3.29. The Labute approximate surface area is 198 Å². The maximum absolute atomic E-state index is 14.3. The lowest BCUT2D eigenvalue weighted by Gasteiger charge is -2.26. The lowest BCUT2D eigenvalue weighted by molar-refractivity contribution is 0.0692. The Hall–Kier alpha value is -4.04. The van der Waals surface area contributed by atoms with E-state index in [1.807, 2.05) is 12.1 Å². The van der Waals surface area contributed by atoms with Crippen LogP contribution in [0.25, 0.3) is 38.6 Å². The van der Waals surface area contributed by atoms with Gasteiger partial charge in [-0.05, 0) is 66.9 Å². The molecule has 0 radical (unpaired) electrons. The van der Waals surface area contributed by atoms with Gasteiger partial charge in [0.25, 0.3) is 0 Å². The van der Waals surface area contributed by atoms with E-state index in [4.69, 9.17) is 4.74 Å². The number of benzene rings is 3. The van der Waals surface area contributed by atoms with Crippen molar-refractivity contribution in [2.24, 2.45) is 0 Å². The number of hydrogen-bond acceptors (Lipinski definition) is 3. The lowest BCUT2D eigenvalue weighted by Crippen LogP contribution is -2.17. The van der Waals surface area contributed by atoms with Gasteiger partial charge in [0.1, 0.15) is 11.6 Å². The molecule has 0 bridgehead atoms. The highest BCUT2D eigenvalue weighted by Gasteiger charge is 2.29. The first-order valence-corrected chi connectivity index (χ1v) is 11.4. The van der Waals surface area contributed by atoms with Gasteiger partial charge in [0.05, 0.1) is 22.8 Å². The minimum absolute atomic E-state index is 0.103. The number of carboxylic acid groups (broad SMARTS) is 1. The molecule has 3 aromatic carbocycles. The zero-order chi connectivity index (χ0) is 24.1. The second kappa shape index (κ2) is 8.32. The van der Waals surface area contributed by atoms with Crippen molar-refractivity contribution in [3.63, 3.8) is 0 Å². The molecule has 176 valence electrons. The molecule has 6 rings (SSSR count). The Balaban J connectivity index is 1.75. The highest BCUT2D eigenvalue weighted by Crippen LogP contribution is 2.44. The van der Waals surface area contributed by atoms with E-state index in [9.17, 15) is 18.7 Å². The van der Waals surface area contributed by atoms with Gasteiger partial charge in [-0.25, -0.2) is 13.6 Å². The molecule has 1 fully saturated rings. The number of carbonyl (C=O) groups is 1. The van der Waals surface area contributed by atoms with Crippen molar-refractivity contribution in [2.75, 3.05) is 13.2 Å². The highest BCUT2D eigenvalue weighted by molar-refractivity contribution is 6.06. The van der Waals surface area contributed by atoms with E-state index in [2.05, 4.69) is 14.8 Å². The first-order valence-electron chi connectivity index (χ1n) is 11.4. The SMILES string of the molecule is O=C(O)c1cc(-c2c(C3CCOCC3)n(-c3ccc(F)cc3)c3cc4cn[nH]c4cc23)ccc1F. The topological polar surface area (TPSA) is 80.1 Å². The molecule has 1 aliphatic heterocycles. The predicted octanol–water partition coefficient (Wildman–Crippen LogP) is 6.04. The fourth-order valence-corrected chi connectivity index (χ4v) is 5.12. The maximum Gasteiger partial charge on any atom is 0.338 e. The number of carboxylic acids is 1. The van der Waals surface area contributed by atoms with Crippen molar-refractivity contribution in [3.05, 3.63) is 83.7 Å². The van der Waals surface area contributed by atoms with E-state index in [0.717, 1.165) is 51.6 Å². The van der Waals surface area contributed by atoms with E-state index in [-0.39, 0.29) is 17.3 Å². The standard InChI is InChI=1S/C27H21F2N3O3/c28-18-2-4-19(5-3-18)32-24-12-17-14-30-31-23(17)13-21(24)25(26(32)15-7-9-35-10-8-15)16-1-6-22(29)20(11-16)27(33)34/h1-6,11-15H,7-10H2,(H,30,31)(H,33,34). The number of H-pyrrole nitrogens is 1. The normalized spacial score (nSPS) is 14.7. The number of hydrogen-bond donors (Lipinski definition) is 2. The predicted molar refractivity (Wildman–Crippen MR) is 128 cm³/mol.